The van der Waals surface area contributed by atoms with Crippen molar-refractivity contribution in [2.75, 3.05) is 26.4 Å². The average molecular weight is 661 g/mol. The fraction of sp³-hybridized carbons (Fsp3) is 0.561. The molecule has 0 amide bonds. The molecule has 4 aliphatic carbocycles. The second-order valence-electron chi connectivity index (χ2n) is 14.7. The van der Waals surface area contributed by atoms with Gasteiger partial charge < -0.3 is 19.4 Å². The highest BCUT2D eigenvalue weighted by Crippen LogP contribution is 2.42. The van der Waals surface area contributed by atoms with Gasteiger partial charge in [-0.15, -0.1) is 0 Å². The zero-order valence-electron chi connectivity index (χ0n) is 28.2. The predicted octanol–water partition coefficient (Wildman–Crippen LogP) is 9.30. The molecule has 6 heterocycles. The Labute approximate surface area is 290 Å². The molecule has 2 saturated carbocycles. The smallest absolute Gasteiger partial charge is 0.110 e. The van der Waals surface area contributed by atoms with E-state index in [1.165, 1.54) is 115 Å². The first kappa shape index (κ1) is 32.6. The third-order valence-electron chi connectivity index (χ3n) is 11.8. The number of fused-ring (bicyclic) bond motifs is 6. The Hall–Kier alpha value is -3.62. The number of hydrogen-bond acceptors (Lipinski definition) is 6. The molecule has 0 bridgehead atoms. The normalized spacial score (nSPS) is 21.8. The Morgan fingerprint density at radius 2 is 1.18 bits per heavy atom. The third kappa shape index (κ3) is 6.31. The van der Waals surface area contributed by atoms with Crippen molar-refractivity contribution in [2.45, 2.75) is 116 Å². The van der Waals surface area contributed by atoms with Crippen molar-refractivity contribution in [1.82, 2.24) is 29.9 Å². The van der Waals surface area contributed by atoms with Crippen molar-refractivity contribution in [3.05, 3.63) is 70.4 Å². The van der Waals surface area contributed by atoms with Gasteiger partial charge >= 0.3 is 0 Å². The van der Waals surface area contributed by atoms with Gasteiger partial charge in [-0.25, -0.2) is 9.97 Å². The van der Waals surface area contributed by atoms with Gasteiger partial charge in [0.2, 0.25) is 0 Å². The average Bonchev–Trinajstić information content (AvgIpc) is 3.97. The van der Waals surface area contributed by atoms with Gasteiger partial charge in [-0.2, -0.15) is 0 Å². The predicted molar refractivity (Wildman–Crippen MR) is 197 cm³/mol. The molecule has 8 nitrogen and oxygen atoms in total. The molecule has 0 unspecified atom stereocenters. The van der Waals surface area contributed by atoms with Gasteiger partial charge in [0.25, 0.3) is 0 Å². The molecule has 4 aromatic heterocycles. The fourth-order valence-corrected chi connectivity index (χ4v) is 9.15. The topological polar surface area (TPSA) is 102 Å². The van der Waals surface area contributed by atoms with Crippen LogP contribution >= 0.6 is 0 Å². The van der Waals surface area contributed by atoms with Crippen LogP contribution in [0.3, 0.4) is 0 Å². The summed E-state index contributed by atoms with van der Waals surface area (Å²) < 4.78 is 11.0. The molecule has 4 aromatic rings. The Kier molecular flexibility index (Phi) is 9.52. The molecule has 10 rings (SSSR count). The third-order valence-corrected chi connectivity index (χ3v) is 11.8. The summed E-state index contributed by atoms with van der Waals surface area (Å²) in [5.41, 5.74) is 13.7. The second kappa shape index (κ2) is 14.3. The van der Waals surface area contributed by atoms with Crippen molar-refractivity contribution in [2.24, 2.45) is 5.92 Å². The van der Waals surface area contributed by atoms with Gasteiger partial charge in [0.15, 0.2) is 0 Å². The molecule has 3 fully saturated rings. The number of aromatic amines is 2. The zero-order valence-corrected chi connectivity index (χ0v) is 28.2. The minimum atomic E-state index is 0. The lowest BCUT2D eigenvalue weighted by molar-refractivity contribution is 0.0808. The Morgan fingerprint density at radius 1 is 0.592 bits per heavy atom. The van der Waals surface area contributed by atoms with E-state index < -0.39 is 0 Å². The molecule has 0 aromatic carbocycles. The first-order valence-corrected chi connectivity index (χ1v) is 18.8. The maximum absolute atomic E-state index is 5.55. The van der Waals surface area contributed by atoms with Crippen LogP contribution in [0.25, 0.3) is 33.2 Å². The van der Waals surface area contributed by atoms with Crippen LogP contribution in [0.5, 0.6) is 0 Å². The van der Waals surface area contributed by atoms with E-state index in [-0.39, 0.29) is 7.43 Å². The first-order valence-electron chi connectivity index (χ1n) is 18.8. The van der Waals surface area contributed by atoms with E-state index >= 15 is 0 Å². The molecule has 49 heavy (non-hydrogen) atoms. The van der Waals surface area contributed by atoms with Crippen LogP contribution in [-0.2, 0) is 22.3 Å². The molecule has 6 aliphatic rings. The summed E-state index contributed by atoms with van der Waals surface area (Å²) in [6.07, 6.45) is 29.2. The van der Waals surface area contributed by atoms with Gasteiger partial charge in [0, 0.05) is 49.0 Å². The van der Waals surface area contributed by atoms with Crippen molar-refractivity contribution in [3.8, 4) is 0 Å². The van der Waals surface area contributed by atoms with Crippen LogP contribution in [-0.4, -0.2) is 56.3 Å². The summed E-state index contributed by atoms with van der Waals surface area (Å²) in [4.78, 5) is 26.8. The summed E-state index contributed by atoms with van der Waals surface area (Å²) >= 11 is 0. The van der Waals surface area contributed by atoms with Gasteiger partial charge in [0.05, 0.1) is 59.1 Å². The molecule has 0 spiro atoms. The van der Waals surface area contributed by atoms with Crippen molar-refractivity contribution < 1.29 is 9.47 Å². The minimum Gasteiger partial charge on any atom is -0.381 e. The molecule has 0 atom stereocenters. The summed E-state index contributed by atoms with van der Waals surface area (Å²) in [6.45, 7) is 3.30. The number of imidazole rings is 2. The quantitative estimate of drug-likeness (QED) is 0.226. The SMILES string of the molecule is C.C1=C(C2=CCc3ncc4[nH]c(C5CCCCC5)nc4c32)CCOC1.C1=C(C2CCOCC2)c2c(ncc3[nH]c(C4CCCCC4)nc23)C1. The van der Waals surface area contributed by atoms with E-state index in [1.807, 2.05) is 12.4 Å². The standard InChI is InChI=1S/C20H25N3O.C20H23N3O.CH4/c2*1-2-4-14(5-3-1)20-22-17-12-21-16-7-6-15(18(16)19(17)23-20)13-8-10-24-11-9-13;/h6,12-14H,1-5,7-11H2,(H,22,23);6,8,12,14H,1-5,7,9-11H2,(H,22,23);1H4. The highest BCUT2D eigenvalue weighted by Gasteiger charge is 2.30. The molecular formula is C41H52N6O2. The fourth-order valence-electron chi connectivity index (χ4n) is 9.15. The van der Waals surface area contributed by atoms with E-state index in [0.717, 1.165) is 80.6 Å². The number of allylic oxidation sites excluding steroid dienone is 4. The van der Waals surface area contributed by atoms with Crippen LogP contribution in [0.15, 0.2) is 36.2 Å². The number of pyridine rings is 2. The number of ether oxygens (including phenoxy) is 2. The number of hydrogen-bond donors (Lipinski definition) is 2. The summed E-state index contributed by atoms with van der Waals surface area (Å²) in [6, 6.07) is 0. The maximum Gasteiger partial charge on any atom is 0.110 e. The van der Waals surface area contributed by atoms with Gasteiger partial charge in [-0.3, -0.25) is 9.97 Å². The molecule has 2 aliphatic heterocycles. The van der Waals surface area contributed by atoms with Crippen molar-refractivity contribution in [1.29, 1.82) is 0 Å². The van der Waals surface area contributed by atoms with E-state index in [9.17, 15) is 0 Å². The van der Waals surface area contributed by atoms with Gasteiger partial charge in [-0.05, 0) is 67.6 Å². The lowest BCUT2D eigenvalue weighted by atomic mass is 9.88. The lowest BCUT2D eigenvalue weighted by Crippen LogP contribution is -2.16. The largest absolute Gasteiger partial charge is 0.381 e. The molecule has 8 heteroatoms. The number of H-pyrrole nitrogens is 2. The highest BCUT2D eigenvalue weighted by atomic mass is 16.5. The number of rotatable bonds is 4. The molecule has 258 valence electrons. The van der Waals surface area contributed by atoms with E-state index in [4.69, 9.17) is 29.4 Å². The summed E-state index contributed by atoms with van der Waals surface area (Å²) in [5, 5.41) is 0. The molecule has 0 radical (unpaired) electrons. The Bertz CT molecular complexity index is 1900. The van der Waals surface area contributed by atoms with Crippen LogP contribution in [0.4, 0.5) is 0 Å². The summed E-state index contributed by atoms with van der Waals surface area (Å²) in [7, 11) is 0. The van der Waals surface area contributed by atoms with Crippen molar-refractivity contribution >= 4 is 33.2 Å². The molecule has 1 saturated heterocycles. The van der Waals surface area contributed by atoms with Crippen LogP contribution < -0.4 is 0 Å². The lowest BCUT2D eigenvalue weighted by Gasteiger charge is -2.24. The zero-order chi connectivity index (χ0) is 31.9. The first-order chi connectivity index (χ1) is 23.8. The number of aromatic nitrogens is 6. The van der Waals surface area contributed by atoms with Gasteiger partial charge in [0.1, 0.15) is 11.6 Å². The Balaban J connectivity index is 0.000000139. The molecule has 2 N–H and O–H groups in total. The summed E-state index contributed by atoms with van der Waals surface area (Å²) in [5.74, 6) is 4.18. The second-order valence-corrected chi connectivity index (χ2v) is 14.7. The number of nitrogens with zero attached hydrogens (tertiary/aromatic N) is 4. The van der Waals surface area contributed by atoms with Crippen LogP contribution in [0, 0.1) is 5.92 Å². The van der Waals surface area contributed by atoms with E-state index in [1.54, 1.807) is 0 Å². The molecular weight excluding hydrogens is 608 g/mol. The minimum absolute atomic E-state index is 0. The Morgan fingerprint density at radius 3 is 1.80 bits per heavy atom. The van der Waals surface area contributed by atoms with Crippen LogP contribution in [0.2, 0.25) is 0 Å². The van der Waals surface area contributed by atoms with E-state index in [2.05, 4.69) is 28.2 Å². The van der Waals surface area contributed by atoms with Crippen LogP contribution in [0.1, 0.15) is 137 Å². The highest BCUT2D eigenvalue weighted by molar-refractivity contribution is 5.97. The van der Waals surface area contributed by atoms with E-state index in [0.29, 0.717) is 17.8 Å². The maximum atomic E-state index is 5.55. The number of nitrogens with one attached hydrogen (secondary N) is 2. The van der Waals surface area contributed by atoms with Crippen molar-refractivity contribution in [3.63, 3.8) is 0 Å². The monoisotopic (exact) mass is 660 g/mol. The van der Waals surface area contributed by atoms with Gasteiger partial charge in [-0.1, -0.05) is 64.2 Å².